The quantitative estimate of drug-likeness (QED) is 0.634. The summed E-state index contributed by atoms with van der Waals surface area (Å²) in [6.07, 6.45) is 2.27. The van der Waals surface area contributed by atoms with Crippen molar-refractivity contribution in [3.8, 4) is 0 Å². The lowest BCUT2D eigenvalue weighted by Crippen LogP contribution is -2.36. The first kappa shape index (κ1) is 18.6. The van der Waals surface area contributed by atoms with Crippen LogP contribution in [0.25, 0.3) is 17.0 Å². The van der Waals surface area contributed by atoms with Gasteiger partial charge in [-0.25, -0.2) is 0 Å². The molecule has 1 aromatic heterocycles. The number of hydrogen-bond acceptors (Lipinski definition) is 3. The lowest BCUT2D eigenvalue weighted by atomic mass is 10.2. The number of thioether (sulfide) groups is 1. The lowest BCUT2D eigenvalue weighted by molar-refractivity contribution is -0.669. The SMILES string of the molecule is CCN1C(=Cc2ccc3ccccc3[n+]2CC)Sc2cc(NC(C)=O)ccc21. The Morgan fingerprint density at radius 3 is 2.71 bits per heavy atom. The molecule has 28 heavy (non-hydrogen) atoms. The minimum Gasteiger partial charge on any atom is -0.335 e. The molecule has 1 aliphatic rings. The van der Waals surface area contributed by atoms with E-state index in [9.17, 15) is 4.79 Å². The van der Waals surface area contributed by atoms with E-state index >= 15 is 0 Å². The monoisotopic (exact) mass is 390 g/mol. The summed E-state index contributed by atoms with van der Waals surface area (Å²) in [5.74, 6) is -0.0498. The Balaban J connectivity index is 1.75. The molecule has 0 atom stereocenters. The minimum atomic E-state index is -0.0498. The number of rotatable bonds is 4. The largest absolute Gasteiger partial charge is 0.335 e. The number of nitrogens with one attached hydrogen (secondary N) is 1. The van der Waals surface area contributed by atoms with Crippen LogP contribution in [0.5, 0.6) is 0 Å². The van der Waals surface area contributed by atoms with Crippen LogP contribution in [-0.4, -0.2) is 12.5 Å². The highest BCUT2D eigenvalue weighted by Gasteiger charge is 2.26. The van der Waals surface area contributed by atoms with Crippen molar-refractivity contribution in [3.05, 3.63) is 65.3 Å². The van der Waals surface area contributed by atoms with Crippen molar-refractivity contribution in [2.24, 2.45) is 0 Å². The number of anilines is 2. The topological polar surface area (TPSA) is 36.2 Å². The molecule has 2 aromatic carbocycles. The smallest absolute Gasteiger partial charge is 0.221 e. The van der Waals surface area contributed by atoms with E-state index in [-0.39, 0.29) is 5.91 Å². The van der Waals surface area contributed by atoms with Crippen LogP contribution < -0.4 is 14.8 Å². The molecule has 0 fully saturated rings. The van der Waals surface area contributed by atoms with Gasteiger partial charge in [-0.3, -0.25) is 4.79 Å². The van der Waals surface area contributed by atoms with Crippen molar-refractivity contribution < 1.29 is 9.36 Å². The van der Waals surface area contributed by atoms with Gasteiger partial charge in [0.05, 0.1) is 10.7 Å². The molecule has 0 radical (unpaired) electrons. The highest BCUT2D eigenvalue weighted by Crippen LogP contribution is 2.47. The van der Waals surface area contributed by atoms with Gasteiger partial charge < -0.3 is 10.2 Å². The highest BCUT2D eigenvalue weighted by atomic mass is 32.2. The summed E-state index contributed by atoms with van der Waals surface area (Å²) in [6, 6.07) is 19.0. The third-order valence-electron chi connectivity index (χ3n) is 4.93. The molecule has 1 amide bonds. The van der Waals surface area contributed by atoms with Crippen molar-refractivity contribution in [1.82, 2.24) is 0 Å². The lowest BCUT2D eigenvalue weighted by Gasteiger charge is -2.18. The van der Waals surface area contributed by atoms with E-state index < -0.39 is 0 Å². The number of hydrogen-bond donors (Lipinski definition) is 1. The van der Waals surface area contributed by atoms with E-state index in [0.29, 0.717) is 0 Å². The molecule has 3 aromatic rings. The Kier molecular flexibility index (Phi) is 5.09. The van der Waals surface area contributed by atoms with Gasteiger partial charge in [-0.05, 0) is 44.2 Å². The van der Waals surface area contributed by atoms with Crippen LogP contribution in [-0.2, 0) is 11.3 Å². The summed E-state index contributed by atoms with van der Waals surface area (Å²) in [4.78, 5) is 14.9. The molecule has 4 nitrogen and oxygen atoms in total. The van der Waals surface area contributed by atoms with E-state index in [2.05, 4.69) is 83.2 Å². The van der Waals surface area contributed by atoms with Crippen molar-refractivity contribution in [1.29, 1.82) is 0 Å². The predicted molar refractivity (Wildman–Crippen MR) is 117 cm³/mol. The van der Waals surface area contributed by atoms with E-state index in [4.69, 9.17) is 0 Å². The third-order valence-corrected chi connectivity index (χ3v) is 6.02. The molecule has 5 heteroatoms. The molecule has 0 saturated carbocycles. The summed E-state index contributed by atoms with van der Waals surface area (Å²) in [6.45, 7) is 7.69. The molecule has 0 unspecified atom stereocenters. The fraction of sp³-hybridized carbons (Fsp3) is 0.217. The minimum absolute atomic E-state index is 0.0498. The predicted octanol–water partition coefficient (Wildman–Crippen LogP) is 5.04. The molecule has 0 bridgehead atoms. The van der Waals surface area contributed by atoms with Crippen molar-refractivity contribution in [3.63, 3.8) is 0 Å². The Morgan fingerprint density at radius 1 is 1.14 bits per heavy atom. The number of carbonyl (C=O) groups excluding carboxylic acids is 1. The first-order valence-corrected chi connectivity index (χ1v) is 10.4. The number of carbonyl (C=O) groups is 1. The molecule has 1 N–H and O–H groups in total. The fourth-order valence-electron chi connectivity index (χ4n) is 3.70. The van der Waals surface area contributed by atoms with Gasteiger partial charge in [0, 0.05) is 47.6 Å². The summed E-state index contributed by atoms with van der Waals surface area (Å²) >= 11 is 1.75. The highest BCUT2D eigenvalue weighted by molar-refractivity contribution is 8.03. The van der Waals surface area contributed by atoms with Crippen molar-refractivity contribution in [2.45, 2.75) is 32.2 Å². The van der Waals surface area contributed by atoms with Gasteiger partial charge in [-0.1, -0.05) is 23.9 Å². The summed E-state index contributed by atoms with van der Waals surface area (Å²) in [5, 5.41) is 5.33. The fourth-order valence-corrected chi connectivity index (χ4v) is 4.92. The molecular weight excluding hydrogens is 366 g/mol. The number of fused-ring (bicyclic) bond motifs is 2. The first-order chi connectivity index (χ1) is 13.6. The van der Waals surface area contributed by atoms with Gasteiger partial charge in [0.25, 0.3) is 0 Å². The van der Waals surface area contributed by atoms with Gasteiger partial charge in [0.2, 0.25) is 17.1 Å². The maximum absolute atomic E-state index is 11.4. The number of para-hydroxylation sites is 1. The van der Waals surface area contributed by atoms with Crippen molar-refractivity contribution in [2.75, 3.05) is 16.8 Å². The molecule has 2 heterocycles. The Bertz CT molecular complexity index is 1090. The second-order valence-corrected chi connectivity index (χ2v) is 7.82. The average Bonchev–Trinajstić information content (AvgIpc) is 3.03. The summed E-state index contributed by atoms with van der Waals surface area (Å²) < 4.78 is 2.35. The van der Waals surface area contributed by atoms with E-state index in [0.717, 1.165) is 18.8 Å². The normalized spacial score (nSPS) is 14.5. The Labute approximate surface area is 169 Å². The second-order valence-electron chi connectivity index (χ2n) is 6.75. The van der Waals surface area contributed by atoms with Crippen LogP contribution in [0, 0.1) is 0 Å². The van der Waals surface area contributed by atoms with Crippen LogP contribution in [0.3, 0.4) is 0 Å². The molecule has 0 saturated heterocycles. The van der Waals surface area contributed by atoms with Crippen LogP contribution >= 0.6 is 11.8 Å². The van der Waals surface area contributed by atoms with Gasteiger partial charge in [0.1, 0.15) is 6.54 Å². The zero-order valence-electron chi connectivity index (χ0n) is 16.4. The summed E-state index contributed by atoms with van der Waals surface area (Å²) in [5.41, 5.74) is 4.47. The molecule has 0 spiro atoms. The molecule has 4 rings (SSSR count). The molecule has 142 valence electrons. The Hall–Kier alpha value is -2.79. The molecular formula is C23H24N3OS+. The van der Waals surface area contributed by atoms with Crippen LogP contribution in [0.2, 0.25) is 0 Å². The van der Waals surface area contributed by atoms with E-state index in [1.807, 2.05) is 6.07 Å². The van der Waals surface area contributed by atoms with Gasteiger partial charge >= 0.3 is 0 Å². The zero-order chi connectivity index (χ0) is 19.7. The number of aromatic nitrogens is 1. The molecule has 1 aliphatic heterocycles. The van der Waals surface area contributed by atoms with E-state index in [1.54, 1.807) is 11.8 Å². The maximum Gasteiger partial charge on any atom is 0.221 e. The van der Waals surface area contributed by atoms with Crippen LogP contribution in [0.4, 0.5) is 11.4 Å². The third kappa shape index (κ3) is 3.38. The van der Waals surface area contributed by atoms with Gasteiger partial charge in [-0.2, -0.15) is 4.57 Å². The van der Waals surface area contributed by atoms with E-state index in [1.165, 1.54) is 39.1 Å². The summed E-state index contributed by atoms with van der Waals surface area (Å²) in [7, 11) is 0. The number of nitrogens with zero attached hydrogens (tertiary/aromatic N) is 2. The number of benzene rings is 2. The zero-order valence-corrected chi connectivity index (χ0v) is 17.2. The van der Waals surface area contributed by atoms with Crippen LogP contribution in [0.1, 0.15) is 26.5 Å². The Morgan fingerprint density at radius 2 is 1.96 bits per heavy atom. The van der Waals surface area contributed by atoms with Crippen LogP contribution in [0.15, 0.2) is 64.5 Å². The first-order valence-electron chi connectivity index (χ1n) is 9.61. The van der Waals surface area contributed by atoms with Crippen molar-refractivity contribution >= 4 is 46.0 Å². The number of aryl methyl sites for hydroxylation is 1. The number of amides is 1. The maximum atomic E-state index is 11.4. The number of pyridine rings is 1. The average molecular weight is 391 g/mol. The van der Waals surface area contributed by atoms with Gasteiger partial charge in [0.15, 0.2) is 0 Å². The van der Waals surface area contributed by atoms with Gasteiger partial charge in [-0.15, -0.1) is 0 Å². The standard InChI is InChI=1S/C23H23N3OS/c1-4-25-19(12-10-17-8-6-7-9-20(17)25)15-23-26(5-2)21-13-11-18(24-16(3)27)14-22(21)28-23/h6-15H,4-5H2,1-3H3/p+1. The second kappa shape index (κ2) is 7.68. The molecule has 0 aliphatic carbocycles.